The third-order valence-electron chi connectivity index (χ3n) is 5.53. The minimum Gasteiger partial charge on any atom is -0.444 e. The zero-order chi connectivity index (χ0) is 20.9. The molecule has 0 saturated carbocycles. The summed E-state index contributed by atoms with van der Waals surface area (Å²) in [4.78, 5) is 15.2. The Morgan fingerprint density at radius 2 is 1.68 bits per heavy atom. The molecule has 2 fully saturated rings. The standard InChI is InChI=1S/C18H30BFN4O4/c1-16(2,3)26-15(25)23-10-8-12(9-11-23)24-21-13(14(20)22-24)19-27-17(4,5)18(6,7)28-19/h12H,8-11H2,1-7H3. The summed E-state index contributed by atoms with van der Waals surface area (Å²) < 4.78 is 31.6. The van der Waals surface area contributed by atoms with Crippen LogP contribution in [-0.4, -0.2) is 63.0 Å². The van der Waals surface area contributed by atoms with E-state index in [1.54, 1.807) is 4.90 Å². The van der Waals surface area contributed by atoms with Gasteiger partial charge < -0.3 is 18.9 Å². The van der Waals surface area contributed by atoms with Gasteiger partial charge in [-0.2, -0.15) is 14.3 Å². The summed E-state index contributed by atoms with van der Waals surface area (Å²) in [6.45, 7) is 14.2. The first-order valence-electron chi connectivity index (χ1n) is 9.75. The van der Waals surface area contributed by atoms with Crippen molar-refractivity contribution in [2.24, 2.45) is 0 Å². The number of likely N-dealkylation sites (tertiary alicyclic amines) is 1. The van der Waals surface area contributed by atoms with Gasteiger partial charge in [0.25, 0.3) is 5.95 Å². The lowest BCUT2D eigenvalue weighted by atomic mass is 9.85. The predicted molar refractivity (Wildman–Crippen MR) is 102 cm³/mol. The van der Waals surface area contributed by atoms with E-state index in [4.69, 9.17) is 14.0 Å². The second kappa shape index (κ2) is 6.98. The molecule has 0 N–H and O–H groups in total. The van der Waals surface area contributed by atoms with Gasteiger partial charge in [0.2, 0.25) is 0 Å². The first-order valence-corrected chi connectivity index (χ1v) is 9.75. The number of ether oxygens (including phenoxy) is 1. The van der Waals surface area contributed by atoms with Crippen LogP contribution >= 0.6 is 0 Å². The Bertz CT molecular complexity index is 722. The van der Waals surface area contributed by atoms with Crippen molar-refractivity contribution in [3.8, 4) is 0 Å². The molecule has 1 aromatic heterocycles. The number of nitrogens with zero attached hydrogens (tertiary/aromatic N) is 4. The number of piperidine rings is 1. The van der Waals surface area contributed by atoms with Crippen LogP contribution in [0.4, 0.5) is 9.18 Å². The molecule has 2 saturated heterocycles. The van der Waals surface area contributed by atoms with Crippen LogP contribution in [0.25, 0.3) is 0 Å². The molecule has 1 aromatic rings. The molecule has 28 heavy (non-hydrogen) atoms. The van der Waals surface area contributed by atoms with Crippen LogP contribution in [0, 0.1) is 5.95 Å². The molecule has 0 bridgehead atoms. The molecule has 2 aliphatic rings. The first-order chi connectivity index (χ1) is 12.8. The van der Waals surface area contributed by atoms with Crippen molar-refractivity contribution in [3.63, 3.8) is 0 Å². The Hall–Kier alpha value is -1.68. The van der Waals surface area contributed by atoms with Crippen LogP contribution in [0.3, 0.4) is 0 Å². The molecule has 0 spiro atoms. The van der Waals surface area contributed by atoms with Crippen LogP contribution in [-0.2, 0) is 14.0 Å². The summed E-state index contributed by atoms with van der Waals surface area (Å²) >= 11 is 0. The van der Waals surface area contributed by atoms with Crippen molar-refractivity contribution in [1.82, 2.24) is 19.9 Å². The van der Waals surface area contributed by atoms with Gasteiger partial charge >= 0.3 is 13.2 Å². The lowest BCUT2D eigenvalue weighted by Crippen LogP contribution is -2.42. The summed E-state index contributed by atoms with van der Waals surface area (Å²) in [5.41, 5.74) is -1.62. The number of carbonyl (C=O) groups excluding carboxylic acids is 1. The van der Waals surface area contributed by atoms with Gasteiger partial charge in [0.1, 0.15) is 5.60 Å². The average molecular weight is 396 g/mol. The van der Waals surface area contributed by atoms with Crippen molar-refractivity contribution in [2.45, 2.75) is 84.2 Å². The molecule has 3 heterocycles. The van der Waals surface area contributed by atoms with E-state index in [-0.39, 0.29) is 17.7 Å². The SMILES string of the molecule is CC(C)(C)OC(=O)N1CCC(n2nc(F)c(B3OC(C)(C)C(C)(C)O3)n2)CC1. The summed E-state index contributed by atoms with van der Waals surface area (Å²) in [6.07, 6.45) is 0.912. The minimum atomic E-state index is -0.888. The van der Waals surface area contributed by atoms with E-state index in [1.165, 1.54) is 4.80 Å². The van der Waals surface area contributed by atoms with Gasteiger partial charge in [-0.3, -0.25) is 0 Å². The van der Waals surface area contributed by atoms with Crippen LogP contribution in [0.1, 0.15) is 67.3 Å². The van der Waals surface area contributed by atoms with E-state index in [0.29, 0.717) is 25.9 Å². The van der Waals surface area contributed by atoms with E-state index in [9.17, 15) is 9.18 Å². The van der Waals surface area contributed by atoms with E-state index < -0.39 is 29.9 Å². The Labute approximate surface area is 165 Å². The fraction of sp³-hybridized carbons (Fsp3) is 0.833. The zero-order valence-corrected chi connectivity index (χ0v) is 17.8. The third kappa shape index (κ3) is 4.17. The van der Waals surface area contributed by atoms with Gasteiger partial charge in [-0.1, -0.05) is 0 Å². The molecule has 3 rings (SSSR count). The van der Waals surface area contributed by atoms with Crippen LogP contribution in [0.15, 0.2) is 0 Å². The van der Waals surface area contributed by atoms with E-state index in [0.717, 1.165) is 0 Å². The molecule has 10 heteroatoms. The maximum absolute atomic E-state index is 14.5. The van der Waals surface area contributed by atoms with Gasteiger partial charge in [0.15, 0.2) is 5.59 Å². The van der Waals surface area contributed by atoms with Gasteiger partial charge in [0, 0.05) is 13.1 Å². The molecule has 2 aliphatic heterocycles. The molecule has 0 radical (unpaired) electrons. The molecular weight excluding hydrogens is 366 g/mol. The van der Waals surface area contributed by atoms with Gasteiger partial charge in [0.05, 0.1) is 17.2 Å². The molecule has 0 aromatic carbocycles. The Kier molecular flexibility index (Phi) is 5.25. The molecular formula is C18H30BFN4O4. The highest BCUT2D eigenvalue weighted by Crippen LogP contribution is 2.36. The third-order valence-corrected chi connectivity index (χ3v) is 5.53. The highest BCUT2D eigenvalue weighted by atomic mass is 19.1. The number of aromatic nitrogens is 3. The largest absolute Gasteiger partial charge is 0.521 e. The van der Waals surface area contributed by atoms with Crippen molar-refractivity contribution >= 4 is 18.8 Å². The van der Waals surface area contributed by atoms with Crippen LogP contribution in [0.2, 0.25) is 0 Å². The maximum Gasteiger partial charge on any atom is 0.521 e. The Morgan fingerprint density at radius 3 is 2.18 bits per heavy atom. The van der Waals surface area contributed by atoms with Crippen LogP contribution in [0.5, 0.6) is 0 Å². The quantitative estimate of drug-likeness (QED) is 0.714. The van der Waals surface area contributed by atoms with Crippen molar-refractivity contribution in [1.29, 1.82) is 0 Å². The molecule has 1 amide bonds. The normalized spacial score (nSPS) is 22.6. The summed E-state index contributed by atoms with van der Waals surface area (Å²) in [5, 5.41) is 8.27. The van der Waals surface area contributed by atoms with Gasteiger partial charge in [-0.15, -0.1) is 5.10 Å². The highest BCUT2D eigenvalue weighted by Gasteiger charge is 2.54. The van der Waals surface area contributed by atoms with Gasteiger partial charge in [-0.25, -0.2) is 4.79 Å². The first kappa shape index (κ1) is 21.0. The number of carbonyl (C=O) groups is 1. The Balaban J connectivity index is 1.64. The van der Waals surface area contributed by atoms with Gasteiger partial charge in [-0.05, 0) is 61.3 Å². The molecule has 8 nitrogen and oxygen atoms in total. The molecule has 0 aliphatic carbocycles. The van der Waals surface area contributed by atoms with E-state index in [2.05, 4.69) is 10.2 Å². The van der Waals surface area contributed by atoms with E-state index >= 15 is 0 Å². The van der Waals surface area contributed by atoms with Crippen LogP contribution < -0.4 is 5.59 Å². The Morgan fingerprint density at radius 1 is 1.14 bits per heavy atom. The average Bonchev–Trinajstić information content (AvgIpc) is 3.03. The van der Waals surface area contributed by atoms with Crippen molar-refractivity contribution < 1.29 is 23.2 Å². The second-order valence-electron chi connectivity index (χ2n) is 9.48. The minimum absolute atomic E-state index is 0.0632. The number of amides is 1. The number of halogens is 1. The summed E-state index contributed by atoms with van der Waals surface area (Å²) in [7, 11) is -0.888. The number of hydrogen-bond donors (Lipinski definition) is 0. The number of hydrogen-bond acceptors (Lipinski definition) is 6. The summed E-state index contributed by atoms with van der Waals surface area (Å²) in [5.74, 6) is -0.687. The zero-order valence-electron chi connectivity index (χ0n) is 17.8. The molecule has 0 unspecified atom stereocenters. The maximum atomic E-state index is 14.5. The lowest BCUT2D eigenvalue weighted by molar-refractivity contribution is 0.00578. The lowest BCUT2D eigenvalue weighted by Gasteiger charge is -2.32. The second-order valence-corrected chi connectivity index (χ2v) is 9.48. The monoisotopic (exact) mass is 396 g/mol. The molecule has 0 atom stereocenters. The highest BCUT2D eigenvalue weighted by molar-refractivity contribution is 6.61. The fourth-order valence-electron chi connectivity index (χ4n) is 3.18. The van der Waals surface area contributed by atoms with Crippen molar-refractivity contribution in [2.75, 3.05) is 13.1 Å². The number of rotatable bonds is 2. The van der Waals surface area contributed by atoms with Crippen molar-refractivity contribution in [3.05, 3.63) is 5.95 Å². The smallest absolute Gasteiger partial charge is 0.444 e. The topological polar surface area (TPSA) is 78.7 Å². The van der Waals surface area contributed by atoms with E-state index in [1.807, 2.05) is 48.5 Å². The molecule has 156 valence electrons. The predicted octanol–water partition coefficient (Wildman–Crippen LogP) is 2.29. The fourth-order valence-corrected chi connectivity index (χ4v) is 3.18. The summed E-state index contributed by atoms with van der Waals surface area (Å²) in [6, 6.07) is -0.0932.